The third kappa shape index (κ3) is 3.65. The van der Waals surface area contributed by atoms with Crippen LogP contribution in [0, 0.1) is 0 Å². The zero-order valence-corrected chi connectivity index (χ0v) is 19.1. The summed E-state index contributed by atoms with van der Waals surface area (Å²) in [5, 5.41) is 5.96. The maximum Gasteiger partial charge on any atom is 0.213 e. The highest BCUT2D eigenvalue weighted by atomic mass is 79.9. The third-order valence-corrected chi connectivity index (χ3v) is 6.63. The van der Waals surface area contributed by atoms with Crippen LogP contribution in [-0.4, -0.2) is 20.5 Å². The average molecular weight is 510 g/mol. The van der Waals surface area contributed by atoms with Gasteiger partial charge in [-0.1, -0.05) is 39.7 Å². The summed E-state index contributed by atoms with van der Waals surface area (Å²) in [6.07, 6.45) is 0. The van der Waals surface area contributed by atoms with Crippen molar-refractivity contribution in [2.45, 2.75) is 0 Å². The van der Waals surface area contributed by atoms with Crippen LogP contribution in [0.2, 0.25) is 5.02 Å². The Morgan fingerprint density at radius 3 is 2.42 bits per heavy atom. The van der Waals surface area contributed by atoms with Crippen LogP contribution in [0.4, 0.5) is 5.69 Å². The summed E-state index contributed by atoms with van der Waals surface area (Å²) < 4.78 is 3.48. The van der Waals surface area contributed by atoms with Gasteiger partial charge in [0.15, 0.2) is 0 Å². The minimum Gasteiger partial charge on any atom is -0.395 e. The van der Waals surface area contributed by atoms with Gasteiger partial charge in [-0.15, -0.1) is 11.3 Å². The lowest BCUT2D eigenvalue weighted by molar-refractivity contribution is 0.103. The van der Waals surface area contributed by atoms with Gasteiger partial charge < -0.3 is 5.73 Å². The van der Waals surface area contributed by atoms with Crippen molar-refractivity contribution in [2.75, 3.05) is 5.73 Å². The highest BCUT2D eigenvalue weighted by Crippen LogP contribution is 2.36. The molecule has 5 aromatic rings. The number of carbonyl (C=O) groups is 1. The Morgan fingerprint density at radius 1 is 1.00 bits per heavy atom. The van der Waals surface area contributed by atoms with Gasteiger partial charge in [0.25, 0.3) is 0 Å². The van der Waals surface area contributed by atoms with Gasteiger partial charge >= 0.3 is 0 Å². The normalized spacial score (nSPS) is 11.2. The topological polar surface area (TPSA) is 73.8 Å². The number of ketones is 1. The minimum absolute atomic E-state index is 0.222. The predicted octanol–water partition coefficient (Wildman–Crippen LogP) is 6.38. The zero-order chi connectivity index (χ0) is 21.5. The molecule has 0 aliphatic heterocycles. The standard InChI is InChI=1S/C23H14BrClN4OS/c24-14-7-5-13(6-8-14)22(30)21-19(26)20(23-27-17-3-1-2-4-18(17)31-23)28-29(21)16-11-9-15(25)10-12-16/h1-12H,26H2. The average Bonchev–Trinajstić information content (AvgIpc) is 3.35. The fourth-order valence-electron chi connectivity index (χ4n) is 3.29. The number of nitrogens with zero attached hydrogens (tertiary/aromatic N) is 3. The van der Waals surface area contributed by atoms with Crippen LogP contribution in [0.25, 0.3) is 26.6 Å². The molecule has 0 radical (unpaired) electrons. The summed E-state index contributed by atoms with van der Waals surface area (Å²) in [6, 6.07) is 22.1. The Kier molecular flexibility index (Phi) is 5.09. The number of nitrogens with two attached hydrogens (primary N) is 1. The van der Waals surface area contributed by atoms with Crippen LogP contribution in [0.5, 0.6) is 0 Å². The number of hydrogen-bond acceptors (Lipinski definition) is 5. The molecule has 5 nitrogen and oxygen atoms in total. The largest absolute Gasteiger partial charge is 0.395 e. The maximum absolute atomic E-state index is 13.5. The summed E-state index contributed by atoms with van der Waals surface area (Å²) in [6.45, 7) is 0. The van der Waals surface area contributed by atoms with Gasteiger partial charge in [0.2, 0.25) is 5.78 Å². The number of nitrogen functional groups attached to an aromatic ring is 1. The second-order valence-electron chi connectivity index (χ2n) is 6.82. The van der Waals surface area contributed by atoms with Crippen molar-refractivity contribution in [1.82, 2.24) is 14.8 Å². The number of carbonyl (C=O) groups excluding carboxylic acids is 1. The van der Waals surface area contributed by atoms with Gasteiger partial charge in [-0.3, -0.25) is 4.79 Å². The number of fused-ring (bicyclic) bond motifs is 1. The van der Waals surface area contributed by atoms with Gasteiger partial charge in [0.1, 0.15) is 16.4 Å². The molecule has 0 bridgehead atoms. The Morgan fingerprint density at radius 2 is 1.71 bits per heavy atom. The monoisotopic (exact) mass is 508 g/mol. The number of hydrogen-bond donors (Lipinski definition) is 1. The quantitative estimate of drug-likeness (QED) is 0.285. The molecule has 0 amide bonds. The Bertz CT molecular complexity index is 1390. The number of benzene rings is 3. The van der Waals surface area contributed by atoms with Gasteiger partial charge in [-0.2, -0.15) is 5.10 Å². The first kappa shape index (κ1) is 19.9. The summed E-state index contributed by atoms with van der Waals surface area (Å²) in [5.41, 5.74) is 9.65. The van der Waals surface area contributed by atoms with Crippen LogP contribution in [0.3, 0.4) is 0 Å². The molecule has 2 heterocycles. The molecular formula is C23H14BrClN4OS. The van der Waals surface area contributed by atoms with Crippen molar-refractivity contribution in [2.24, 2.45) is 0 Å². The van der Waals surface area contributed by atoms with E-state index in [0.29, 0.717) is 38.4 Å². The number of anilines is 1. The summed E-state index contributed by atoms with van der Waals surface area (Å²) in [4.78, 5) is 18.1. The van der Waals surface area contributed by atoms with E-state index in [-0.39, 0.29) is 5.78 Å². The molecule has 0 saturated carbocycles. The molecule has 2 N–H and O–H groups in total. The van der Waals surface area contributed by atoms with Gasteiger partial charge in [0, 0.05) is 15.1 Å². The molecule has 8 heteroatoms. The van der Waals surface area contributed by atoms with E-state index in [1.807, 2.05) is 36.4 Å². The second kappa shape index (κ2) is 7.92. The van der Waals surface area contributed by atoms with Gasteiger partial charge in [0.05, 0.1) is 21.6 Å². The van der Waals surface area contributed by atoms with Gasteiger partial charge in [-0.05, 0) is 60.7 Å². The molecule has 3 aromatic carbocycles. The van der Waals surface area contributed by atoms with E-state index >= 15 is 0 Å². The lowest BCUT2D eigenvalue weighted by Gasteiger charge is -2.08. The molecule has 0 aliphatic carbocycles. The first-order valence-corrected chi connectivity index (χ1v) is 11.3. The molecule has 0 spiro atoms. The highest BCUT2D eigenvalue weighted by Gasteiger charge is 2.26. The van der Waals surface area contributed by atoms with Crippen molar-refractivity contribution < 1.29 is 4.79 Å². The molecule has 0 saturated heterocycles. The van der Waals surface area contributed by atoms with Crippen LogP contribution in [0.15, 0.2) is 77.3 Å². The van der Waals surface area contributed by atoms with E-state index in [1.54, 1.807) is 41.1 Å². The van der Waals surface area contributed by atoms with Crippen molar-refractivity contribution in [3.63, 3.8) is 0 Å². The number of para-hydroxylation sites is 1. The summed E-state index contributed by atoms with van der Waals surface area (Å²) in [7, 11) is 0. The van der Waals surface area contributed by atoms with Crippen LogP contribution >= 0.6 is 38.9 Å². The van der Waals surface area contributed by atoms with E-state index in [0.717, 1.165) is 14.7 Å². The van der Waals surface area contributed by atoms with Crippen molar-refractivity contribution >= 4 is 60.6 Å². The molecule has 0 atom stereocenters. The van der Waals surface area contributed by atoms with E-state index in [4.69, 9.17) is 22.4 Å². The van der Waals surface area contributed by atoms with Crippen LogP contribution in [-0.2, 0) is 0 Å². The number of thiazole rings is 1. The number of aromatic nitrogens is 3. The minimum atomic E-state index is -0.222. The third-order valence-electron chi connectivity index (χ3n) is 4.81. The first-order chi connectivity index (χ1) is 15.0. The van der Waals surface area contributed by atoms with Gasteiger partial charge in [-0.25, -0.2) is 9.67 Å². The zero-order valence-electron chi connectivity index (χ0n) is 15.9. The number of rotatable bonds is 4. The highest BCUT2D eigenvalue weighted by molar-refractivity contribution is 9.10. The summed E-state index contributed by atoms with van der Waals surface area (Å²) >= 11 is 10.9. The summed E-state index contributed by atoms with van der Waals surface area (Å²) in [5.74, 6) is -0.222. The maximum atomic E-state index is 13.5. The van der Waals surface area contributed by atoms with E-state index in [1.165, 1.54) is 11.3 Å². The van der Waals surface area contributed by atoms with Crippen molar-refractivity contribution in [1.29, 1.82) is 0 Å². The van der Waals surface area contributed by atoms with Crippen LogP contribution in [0.1, 0.15) is 16.1 Å². The first-order valence-electron chi connectivity index (χ1n) is 9.32. The van der Waals surface area contributed by atoms with E-state index < -0.39 is 0 Å². The molecular weight excluding hydrogens is 496 g/mol. The van der Waals surface area contributed by atoms with Crippen LogP contribution < -0.4 is 5.73 Å². The fourth-order valence-corrected chi connectivity index (χ4v) is 4.64. The Hall–Kier alpha value is -3.00. The van der Waals surface area contributed by atoms with E-state index in [2.05, 4.69) is 20.9 Å². The Labute approximate surface area is 195 Å². The second-order valence-corrected chi connectivity index (χ2v) is 9.20. The molecule has 0 fully saturated rings. The molecule has 152 valence electrons. The molecule has 2 aromatic heterocycles. The fraction of sp³-hybridized carbons (Fsp3) is 0. The molecule has 0 aliphatic rings. The van der Waals surface area contributed by atoms with Crippen molar-refractivity contribution in [3.05, 3.63) is 93.5 Å². The molecule has 31 heavy (non-hydrogen) atoms. The predicted molar refractivity (Wildman–Crippen MR) is 129 cm³/mol. The lowest BCUT2D eigenvalue weighted by Crippen LogP contribution is -2.12. The lowest BCUT2D eigenvalue weighted by atomic mass is 10.1. The Balaban J connectivity index is 1.72. The SMILES string of the molecule is Nc1c(-c2nc3ccccc3s2)nn(-c2ccc(Cl)cc2)c1C(=O)c1ccc(Br)cc1. The molecule has 0 unspecified atom stereocenters. The molecule has 5 rings (SSSR count). The number of halogens is 2. The smallest absolute Gasteiger partial charge is 0.213 e. The van der Waals surface area contributed by atoms with Crippen molar-refractivity contribution in [3.8, 4) is 16.4 Å². The van der Waals surface area contributed by atoms with E-state index in [9.17, 15) is 4.79 Å².